The number of benzene rings is 1. The van der Waals surface area contributed by atoms with Gasteiger partial charge in [-0.1, -0.05) is 6.92 Å². The van der Waals surface area contributed by atoms with E-state index in [-0.39, 0.29) is 17.2 Å². The molecule has 19 heavy (non-hydrogen) atoms. The fraction of sp³-hybridized carbons (Fsp3) is 0.500. The lowest BCUT2D eigenvalue weighted by Gasteiger charge is -2.12. The van der Waals surface area contributed by atoms with Crippen molar-refractivity contribution in [1.82, 2.24) is 4.72 Å². The number of rotatable bonds is 7. The Morgan fingerprint density at radius 2 is 2.16 bits per heavy atom. The predicted octanol–water partition coefficient (Wildman–Crippen LogP) is 0.717. The molecule has 1 aromatic rings. The summed E-state index contributed by atoms with van der Waals surface area (Å²) in [7, 11) is -2.30. The van der Waals surface area contributed by atoms with Crippen LogP contribution in [-0.4, -0.2) is 33.3 Å². The summed E-state index contributed by atoms with van der Waals surface area (Å²) in [5.41, 5.74) is 5.93. The van der Waals surface area contributed by atoms with Crippen LogP contribution in [0.15, 0.2) is 23.1 Å². The third-order valence-corrected chi connectivity index (χ3v) is 4.20. The Kier molecular flexibility index (Phi) is 5.59. The van der Waals surface area contributed by atoms with Crippen LogP contribution in [0.1, 0.15) is 19.8 Å². The van der Waals surface area contributed by atoms with Gasteiger partial charge < -0.3 is 15.6 Å². The van der Waals surface area contributed by atoms with Gasteiger partial charge in [0.05, 0.1) is 13.2 Å². The number of methoxy groups -OCH3 is 1. The summed E-state index contributed by atoms with van der Waals surface area (Å²) in [5.74, 6) is 0.234. The number of aliphatic hydroxyl groups is 1. The van der Waals surface area contributed by atoms with Gasteiger partial charge in [-0.05, 0) is 31.0 Å². The molecule has 1 unspecified atom stereocenters. The van der Waals surface area contributed by atoms with Crippen molar-refractivity contribution in [3.05, 3.63) is 18.2 Å². The molecule has 0 bridgehead atoms. The van der Waals surface area contributed by atoms with Crippen LogP contribution >= 0.6 is 0 Å². The zero-order valence-electron chi connectivity index (χ0n) is 11.1. The third kappa shape index (κ3) is 4.38. The maximum Gasteiger partial charge on any atom is 0.244 e. The fourth-order valence-electron chi connectivity index (χ4n) is 1.55. The van der Waals surface area contributed by atoms with Gasteiger partial charge in [0, 0.05) is 12.2 Å². The molecule has 0 aliphatic rings. The maximum atomic E-state index is 12.1. The molecular formula is C12H20N2O4S. The van der Waals surface area contributed by atoms with E-state index in [0.29, 0.717) is 18.5 Å². The first kappa shape index (κ1) is 15.7. The maximum absolute atomic E-state index is 12.1. The first-order chi connectivity index (χ1) is 8.90. The van der Waals surface area contributed by atoms with E-state index >= 15 is 0 Å². The first-order valence-electron chi connectivity index (χ1n) is 6.02. The molecule has 0 aliphatic heterocycles. The summed E-state index contributed by atoms with van der Waals surface area (Å²) in [5, 5.41) is 9.39. The molecule has 6 nitrogen and oxygen atoms in total. The van der Waals surface area contributed by atoms with Gasteiger partial charge >= 0.3 is 0 Å². The molecule has 0 saturated heterocycles. The molecule has 1 aromatic carbocycles. The largest absolute Gasteiger partial charge is 0.495 e. The van der Waals surface area contributed by atoms with E-state index in [1.807, 2.05) is 6.92 Å². The second-order valence-corrected chi connectivity index (χ2v) is 5.89. The van der Waals surface area contributed by atoms with Crippen LogP contribution in [0.3, 0.4) is 0 Å². The predicted molar refractivity (Wildman–Crippen MR) is 73.5 cm³/mol. The van der Waals surface area contributed by atoms with Gasteiger partial charge in [-0.15, -0.1) is 0 Å². The van der Waals surface area contributed by atoms with Crippen LogP contribution in [-0.2, 0) is 10.0 Å². The minimum absolute atomic E-state index is 0.000915. The van der Waals surface area contributed by atoms with E-state index in [4.69, 9.17) is 10.5 Å². The zero-order chi connectivity index (χ0) is 14.5. The average Bonchev–Trinajstić information content (AvgIpc) is 2.38. The van der Waals surface area contributed by atoms with E-state index in [1.54, 1.807) is 6.07 Å². The molecule has 1 rings (SSSR count). The SMILES string of the molecule is CCC(O)CCNS(=O)(=O)c1cc(N)ccc1OC. The van der Waals surface area contributed by atoms with Crippen LogP contribution in [0.2, 0.25) is 0 Å². The number of ether oxygens (including phenoxy) is 1. The number of anilines is 1. The van der Waals surface area contributed by atoms with E-state index < -0.39 is 16.1 Å². The molecule has 0 heterocycles. The summed E-state index contributed by atoms with van der Waals surface area (Å²) in [6, 6.07) is 4.42. The first-order valence-corrected chi connectivity index (χ1v) is 7.50. The molecule has 0 radical (unpaired) electrons. The van der Waals surface area contributed by atoms with Gasteiger partial charge in [0.1, 0.15) is 10.6 Å². The Labute approximate surface area is 113 Å². The summed E-state index contributed by atoms with van der Waals surface area (Å²) >= 11 is 0. The molecular weight excluding hydrogens is 268 g/mol. The van der Waals surface area contributed by atoms with Crippen LogP contribution in [0.4, 0.5) is 5.69 Å². The Balaban J connectivity index is 2.85. The van der Waals surface area contributed by atoms with Crippen molar-refractivity contribution >= 4 is 15.7 Å². The molecule has 0 saturated carbocycles. The Hall–Kier alpha value is -1.31. The van der Waals surface area contributed by atoms with Gasteiger partial charge in [0.25, 0.3) is 0 Å². The van der Waals surface area contributed by atoms with Crippen LogP contribution in [0.5, 0.6) is 5.75 Å². The number of nitrogens with two attached hydrogens (primary N) is 1. The summed E-state index contributed by atoms with van der Waals surface area (Å²) in [4.78, 5) is 0.000915. The Morgan fingerprint density at radius 3 is 2.74 bits per heavy atom. The van der Waals surface area contributed by atoms with E-state index in [0.717, 1.165) is 0 Å². The quantitative estimate of drug-likeness (QED) is 0.642. The number of aliphatic hydroxyl groups excluding tert-OH is 1. The smallest absolute Gasteiger partial charge is 0.244 e. The van der Waals surface area contributed by atoms with Crippen molar-refractivity contribution in [2.24, 2.45) is 0 Å². The Morgan fingerprint density at radius 1 is 1.47 bits per heavy atom. The van der Waals surface area contributed by atoms with Crippen LogP contribution in [0.25, 0.3) is 0 Å². The lowest BCUT2D eigenvalue weighted by atomic mass is 10.2. The lowest BCUT2D eigenvalue weighted by Crippen LogP contribution is -2.27. The van der Waals surface area contributed by atoms with Crippen molar-refractivity contribution in [3.8, 4) is 5.75 Å². The minimum Gasteiger partial charge on any atom is -0.495 e. The van der Waals surface area contributed by atoms with E-state index in [2.05, 4.69) is 4.72 Å². The highest BCUT2D eigenvalue weighted by Gasteiger charge is 2.19. The molecule has 0 aliphatic carbocycles. The third-order valence-electron chi connectivity index (χ3n) is 2.72. The molecule has 108 valence electrons. The van der Waals surface area contributed by atoms with Crippen molar-refractivity contribution in [2.75, 3.05) is 19.4 Å². The Bertz CT molecular complexity index is 516. The topological polar surface area (TPSA) is 102 Å². The number of sulfonamides is 1. The standard InChI is InChI=1S/C12H20N2O4S/c1-3-10(15)6-7-14-19(16,17)12-8-9(13)4-5-11(12)18-2/h4-5,8,10,14-15H,3,6-7,13H2,1-2H3. The second-order valence-electron chi connectivity index (χ2n) is 4.16. The number of hydrogen-bond donors (Lipinski definition) is 3. The fourth-order valence-corrected chi connectivity index (χ4v) is 2.79. The van der Waals surface area contributed by atoms with Crippen molar-refractivity contribution in [3.63, 3.8) is 0 Å². The number of nitrogen functional groups attached to an aromatic ring is 1. The summed E-state index contributed by atoms with van der Waals surface area (Å²) < 4.78 is 31.6. The van der Waals surface area contributed by atoms with E-state index in [9.17, 15) is 13.5 Å². The number of nitrogens with one attached hydrogen (secondary N) is 1. The highest BCUT2D eigenvalue weighted by atomic mass is 32.2. The summed E-state index contributed by atoms with van der Waals surface area (Å²) in [6.07, 6.45) is 0.439. The molecule has 0 aromatic heterocycles. The van der Waals surface area contributed by atoms with E-state index in [1.165, 1.54) is 19.2 Å². The van der Waals surface area contributed by atoms with Crippen molar-refractivity contribution in [1.29, 1.82) is 0 Å². The second kappa shape index (κ2) is 6.74. The molecule has 7 heteroatoms. The zero-order valence-corrected chi connectivity index (χ0v) is 11.9. The average molecular weight is 288 g/mol. The molecule has 0 spiro atoms. The highest BCUT2D eigenvalue weighted by Crippen LogP contribution is 2.25. The van der Waals surface area contributed by atoms with Gasteiger partial charge in [-0.25, -0.2) is 13.1 Å². The highest BCUT2D eigenvalue weighted by molar-refractivity contribution is 7.89. The monoisotopic (exact) mass is 288 g/mol. The normalized spacial score (nSPS) is 13.2. The van der Waals surface area contributed by atoms with Gasteiger partial charge in [0.2, 0.25) is 10.0 Å². The minimum atomic E-state index is -3.70. The molecule has 0 amide bonds. The van der Waals surface area contributed by atoms with Crippen LogP contribution < -0.4 is 15.2 Å². The van der Waals surface area contributed by atoms with Gasteiger partial charge in [0.15, 0.2) is 0 Å². The van der Waals surface area contributed by atoms with Gasteiger partial charge in [-0.3, -0.25) is 0 Å². The van der Waals surface area contributed by atoms with Crippen molar-refractivity contribution < 1.29 is 18.3 Å². The van der Waals surface area contributed by atoms with Gasteiger partial charge in [-0.2, -0.15) is 0 Å². The van der Waals surface area contributed by atoms with Crippen LogP contribution in [0, 0.1) is 0 Å². The van der Waals surface area contributed by atoms with Crippen molar-refractivity contribution in [2.45, 2.75) is 30.8 Å². The summed E-state index contributed by atoms with van der Waals surface area (Å²) in [6.45, 7) is 2.00. The molecule has 0 fully saturated rings. The molecule has 4 N–H and O–H groups in total. The lowest BCUT2D eigenvalue weighted by molar-refractivity contribution is 0.162. The molecule has 1 atom stereocenters. The number of hydrogen-bond acceptors (Lipinski definition) is 5.